The van der Waals surface area contributed by atoms with Crippen molar-refractivity contribution < 1.29 is 19.1 Å². The van der Waals surface area contributed by atoms with Crippen molar-refractivity contribution in [2.24, 2.45) is 0 Å². The Morgan fingerprint density at radius 3 is 1.77 bits per heavy atom. The molecule has 0 spiro atoms. The van der Waals surface area contributed by atoms with Gasteiger partial charge in [-0.05, 0) is 53.5 Å². The summed E-state index contributed by atoms with van der Waals surface area (Å²) in [6, 6.07) is 0. The number of hydrogen-bond donors (Lipinski definition) is 0. The molecule has 0 atom stereocenters. The third kappa shape index (κ3) is 13.2. The molecule has 0 amide bonds. The van der Waals surface area contributed by atoms with Gasteiger partial charge in [-0.25, -0.2) is 0 Å². The zero-order valence-electron chi connectivity index (χ0n) is 14.7. The summed E-state index contributed by atoms with van der Waals surface area (Å²) in [6.45, 7) is 14.8. The second kappa shape index (κ2) is 8.63. The summed E-state index contributed by atoms with van der Waals surface area (Å²) in [7, 11) is 0. The van der Waals surface area contributed by atoms with Crippen LogP contribution in [0, 0.1) is 11.8 Å². The summed E-state index contributed by atoms with van der Waals surface area (Å²) in [5, 5.41) is 0. The van der Waals surface area contributed by atoms with Crippen LogP contribution in [-0.2, 0) is 19.1 Å². The topological polar surface area (TPSA) is 52.6 Å². The SMILES string of the molecule is C=C(C#CCCC(=O)OC(C)(C)C)CCC(=O)OC(C)(C)C. The van der Waals surface area contributed by atoms with Gasteiger partial charge in [-0.2, -0.15) is 0 Å². The number of carbonyl (C=O) groups excluding carboxylic acids is 2. The number of esters is 2. The number of ether oxygens (including phenoxy) is 2. The molecule has 0 aromatic heterocycles. The van der Waals surface area contributed by atoms with Crippen LogP contribution in [0.1, 0.15) is 67.2 Å². The van der Waals surface area contributed by atoms with Gasteiger partial charge in [0.2, 0.25) is 0 Å². The Hall–Kier alpha value is -1.76. The van der Waals surface area contributed by atoms with E-state index >= 15 is 0 Å². The predicted octanol–water partition coefficient (Wildman–Crippen LogP) is 3.79. The molecular formula is C18H28O4. The van der Waals surface area contributed by atoms with Crippen LogP contribution in [0.3, 0.4) is 0 Å². The van der Waals surface area contributed by atoms with Crippen molar-refractivity contribution in [1.29, 1.82) is 0 Å². The Bertz CT molecular complexity index is 464. The van der Waals surface area contributed by atoms with E-state index in [0.29, 0.717) is 18.4 Å². The molecule has 0 aliphatic rings. The number of carbonyl (C=O) groups is 2. The van der Waals surface area contributed by atoms with Gasteiger partial charge in [-0.1, -0.05) is 18.4 Å². The minimum atomic E-state index is -0.475. The first-order valence-electron chi connectivity index (χ1n) is 7.49. The Labute approximate surface area is 134 Å². The van der Waals surface area contributed by atoms with Crippen LogP contribution >= 0.6 is 0 Å². The van der Waals surface area contributed by atoms with Crippen molar-refractivity contribution in [3.05, 3.63) is 12.2 Å². The lowest BCUT2D eigenvalue weighted by molar-refractivity contribution is -0.155. The zero-order chi connectivity index (χ0) is 17.4. The molecule has 0 rings (SSSR count). The van der Waals surface area contributed by atoms with E-state index in [-0.39, 0.29) is 24.8 Å². The van der Waals surface area contributed by atoms with Crippen molar-refractivity contribution in [2.45, 2.75) is 78.4 Å². The number of hydrogen-bond acceptors (Lipinski definition) is 4. The van der Waals surface area contributed by atoms with Crippen molar-refractivity contribution >= 4 is 11.9 Å². The lowest BCUT2D eigenvalue weighted by Gasteiger charge is -2.19. The molecule has 0 aliphatic heterocycles. The van der Waals surface area contributed by atoms with E-state index in [1.54, 1.807) is 0 Å². The quantitative estimate of drug-likeness (QED) is 0.573. The Kier molecular flexibility index (Phi) is 7.94. The third-order valence-corrected chi connectivity index (χ3v) is 2.19. The maximum absolute atomic E-state index is 11.5. The van der Waals surface area contributed by atoms with Crippen LogP contribution in [0.4, 0.5) is 0 Å². The predicted molar refractivity (Wildman–Crippen MR) is 87.1 cm³/mol. The fraction of sp³-hybridized carbons (Fsp3) is 0.667. The molecule has 0 unspecified atom stereocenters. The molecule has 0 aromatic rings. The van der Waals surface area contributed by atoms with E-state index in [9.17, 15) is 9.59 Å². The fourth-order valence-corrected chi connectivity index (χ4v) is 1.45. The third-order valence-electron chi connectivity index (χ3n) is 2.19. The largest absolute Gasteiger partial charge is 0.460 e. The van der Waals surface area contributed by atoms with Gasteiger partial charge in [-0.3, -0.25) is 9.59 Å². The molecule has 0 fully saturated rings. The molecule has 124 valence electrons. The molecule has 0 saturated heterocycles. The van der Waals surface area contributed by atoms with Crippen LogP contribution in [0.2, 0.25) is 0 Å². The first-order valence-corrected chi connectivity index (χ1v) is 7.49. The highest BCUT2D eigenvalue weighted by atomic mass is 16.6. The van der Waals surface area contributed by atoms with Crippen LogP contribution in [0.15, 0.2) is 12.2 Å². The highest BCUT2D eigenvalue weighted by Crippen LogP contribution is 2.11. The van der Waals surface area contributed by atoms with Crippen LogP contribution in [-0.4, -0.2) is 23.1 Å². The van der Waals surface area contributed by atoms with Gasteiger partial charge in [0, 0.05) is 6.42 Å². The molecule has 0 N–H and O–H groups in total. The Morgan fingerprint density at radius 2 is 1.32 bits per heavy atom. The maximum Gasteiger partial charge on any atom is 0.307 e. The van der Waals surface area contributed by atoms with Gasteiger partial charge in [0.25, 0.3) is 0 Å². The molecule has 4 nitrogen and oxygen atoms in total. The van der Waals surface area contributed by atoms with E-state index in [2.05, 4.69) is 18.4 Å². The van der Waals surface area contributed by atoms with Crippen molar-refractivity contribution in [3.63, 3.8) is 0 Å². The molecule has 4 heteroatoms. The monoisotopic (exact) mass is 308 g/mol. The lowest BCUT2D eigenvalue weighted by atomic mass is 10.1. The second-order valence-corrected chi connectivity index (χ2v) is 7.08. The molecule has 0 aliphatic carbocycles. The average Bonchev–Trinajstić information content (AvgIpc) is 2.27. The Balaban J connectivity index is 4.00. The zero-order valence-corrected chi connectivity index (χ0v) is 14.7. The normalized spacial score (nSPS) is 11.2. The van der Waals surface area contributed by atoms with E-state index < -0.39 is 11.2 Å². The second-order valence-electron chi connectivity index (χ2n) is 7.08. The standard InChI is InChI=1S/C18H28O4/c1-14(12-13-16(20)22-18(5,6)7)10-8-9-11-15(19)21-17(2,3)4/h1,9,11-13H2,2-7H3. The average molecular weight is 308 g/mol. The maximum atomic E-state index is 11.5. The van der Waals surface area contributed by atoms with Gasteiger partial charge in [0.1, 0.15) is 11.2 Å². The molecule has 0 radical (unpaired) electrons. The fourth-order valence-electron chi connectivity index (χ4n) is 1.45. The summed E-state index contributed by atoms with van der Waals surface area (Å²) < 4.78 is 10.4. The van der Waals surface area contributed by atoms with Crippen LogP contribution in [0.5, 0.6) is 0 Å². The molecule has 22 heavy (non-hydrogen) atoms. The Morgan fingerprint density at radius 1 is 0.864 bits per heavy atom. The highest BCUT2D eigenvalue weighted by molar-refractivity contribution is 5.70. The van der Waals surface area contributed by atoms with Gasteiger partial charge >= 0.3 is 11.9 Å². The summed E-state index contributed by atoms with van der Waals surface area (Å²) in [5.41, 5.74) is -0.283. The highest BCUT2D eigenvalue weighted by Gasteiger charge is 2.16. The van der Waals surface area contributed by atoms with Crippen molar-refractivity contribution in [3.8, 4) is 11.8 Å². The minimum Gasteiger partial charge on any atom is -0.460 e. The summed E-state index contributed by atoms with van der Waals surface area (Å²) in [4.78, 5) is 23.0. The smallest absolute Gasteiger partial charge is 0.307 e. The van der Waals surface area contributed by atoms with Crippen LogP contribution < -0.4 is 0 Å². The van der Waals surface area contributed by atoms with Gasteiger partial charge in [-0.15, -0.1) is 0 Å². The molecular weight excluding hydrogens is 280 g/mol. The van der Waals surface area contributed by atoms with Crippen molar-refractivity contribution in [2.75, 3.05) is 0 Å². The van der Waals surface area contributed by atoms with Gasteiger partial charge in [0.05, 0.1) is 12.8 Å². The van der Waals surface area contributed by atoms with E-state index in [4.69, 9.17) is 9.47 Å². The molecule has 0 saturated carbocycles. The van der Waals surface area contributed by atoms with E-state index in [1.165, 1.54) is 0 Å². The van der Waals surface area contributed by atoms with E-state index in [1.807, 2.05) is 41.5 Å². The van der Waals surface area contributed by atoms with Crippen LogP contribution in [0.25, 0.3) is 0 Å². The molecule has 0 bridgehead atoms. The van der Waals surface area contributed by atoms with Gasteiger partial charge in [0.15, 0.2) is 0 Å². The lowest BCUT2D eigenvalue weighted by Crippen LogP contribution is -2.23. The number of rotatable bonds is 5. The summed E-state index contributed by atoms with van der Waals surface area (Å²) in [6.07, 6.45) is 1.40. The first kappa shape index (κ1) is 20.2. The minimum absolute atomic E-state index is 0.254. The summed E-state index contributed by atoms with van der Waals surface area (Å²) in [5.74, 6) is 5.21. The van der Waals surface area contributed by atoms with Gasteiger partial charge < -0.3 is 9.47 Å². The number of allylic oxidation sites excluding steroid dienone is 1. The first-order chi connectivity index (χ1) is 9.89. The van der Waals surface area contributed by atoms with E-state index in [0.717, 1.165) is 0 Å². The molecule has 0 heterocycles. The molecule has 0 aromatic carbocycles. The summed E-state index contributed by atoms with van der Waals surface area (Å²) >= 11 is 0. The van der Waals surface area contributed by atoms with Crippen molar-refractivity contribution in [1.82, 2.24) is 0 Å².